The van der Waals surface area contributed by atoms with Gasteiger partial charge in [0, 0.05) is 10.7 Å². The second kappa shape index (κ2) is 3.85. The molecule has 0 spiro atoms. The van der Waals surface area contributed by atoms with E-state index in [1.54, 1.807) is 13.0 Å². The van der Waals surface area contributed by atoms with Crippen LogP contribution in [0.3, 0.4) is 0 Å². The first-order chi connectivity index (χ1) is 6.02. The van der Waals surface area contributed by atoms with Gasteiger partial charge in [-0.2, -0.15) is 0 Å². The quantitative estimate of drug-likeness (QED) is 0.821. The van der Waals surface area contributed by atoms with Crippen LogP contribution >= 0.6 is 15.9 Å². The topological polar surface area (TPSA) is 76.2 Å². The van der Waals surface area contributed by atoms with Crippen LogP contribution in [-0.2, 0) is 4.79 Å². The van der Waals surface area contributed by atoms with E-state index in [1.165, 1.54) is 6.20 Å². The fourth-order valence-electron chi connectivity index (χ4n) is 0.994. The Hall–Kier alpha value is -0.940. The highest BCUT2D eigenvalue weighted by Crippen LogP contribution is 2.17. The first-order valence-corrected chi connectivity index (χ1v) is 4.42. The van der Waals surface area contributed by atoms with Gasteiger partial charge in [0.1, 0.15) is 6.04 Å². The summed E-state index contributed by atoms with van der Waals surface area (Å²) in [6.45, 7) is 1.77. The number of hydrogen-bond acceptors (Lipinski definition) is 3. The van der Waals surface area contributed by atoms with E-state index in [0.717, 1.165) is 10.0 Å². The number of carboxylic acids is 1. The third-order valence-corrected chi connectivity index (χ3v) is 2.08. The average Bonchev–Trinajstić information content (AvgIpc) is 2.03. The van der Waals surface area contributed by atoms with Gasteiger partial charge < -0.3 is 10.8 Å². The lowest BCUT2D eigenvalue weighted by Crippen LogP contribution is -2.22. The number of rotatable bonds is 2. The van der Waals surface area contributed by atoms with Crippen LogP contribution in [0.25, 0.3) is 0 Å². The van der Waals surface area contributed by atoms with Gasteiger partial charge in [0.2, 0.25) is 0 Å². The number of aryl methyl sites for hydroxylation is 1. The van der Waals surface area contributed by atoms with Crippen molar-refractivity contribution in [2.75, 3.05) is 0 Å². The molecule has 4 nitrogen and oxygen atoms in total. The maximum absolute atomic E-state index is 10.6. The van der Waals surface area contributed by atoms with Crippen LogP contribution in [0.4, 0.5) is 0 Å². The highest BCUT2D eigenvalue weighted by Gasteiger charge is 2.17. The van der Waals surface area contributed by atoms with Gasteiger partial charge >= 0.3 is 5.97 Å². The number of nitrogens with zero attached hydrogens (tertiary/aromatic N) is 1. The number of hydrogen-bond donors (Lipinski definition) is 2. The van der Waals surface area contributed by atoms with E-state index in [4.69, 9.17) is 10.8 Å². The summed E-state index contributed by atoms with van der Waals surface area (Å²) in [5, 5.41) is 8.65. The smallest absolute Gasteiger partial charge is 0.326 e. The number of nitrogens with two attached hydrogens (primary N) is 1. The summed E-state index contributed by atoms with van der Waals surface area (Å²) in [5.74, 6) is -1.07. The Bertz CT molecular complexity index is 341. The summed E-state index contributed by atoms with van der Waals surface area (Å²) in [4.78, 5) is 14.5. The molecule has 1 heterocycles. The normalized spacial score (nSPS) is 12.5. The molecule has 1 rings (SSSR count). The van der Waals surface area contributed by atoms with E-state index in [9.17, 15) is 4.79 Å². The van der Waals surface area contributed by atoms with Crippen LogP contribution in [0, 0.1) is 6.92 Å². The van der Waals surface area contributed by atoms with Crippen LogP contribution < -0.4 is 5.73 Å². The minimum atomic E-state index is -1.07. The number of carbonyl (C=O) groups is 1. The Labute approximate surface area is 83.9 Å². The van der Waals surface area contributed by atoms with Crippen molar-refractivity contribution in [3.05, 3.63) is 28.0 Å². The zero-order valence-corrected chi connectivity index (χ0v) is 8.58. The minimum absolute atomic E-state index is 0.399. The fraction of sp³-hybridized carbons (Fsp3) is 0.250. The molecule has 0 aliphatic rings. The fourth-order valence-corrected chi connectivity index (χ4v) is 1.44. The van der Waals surface area contributed by atoms with Crippen LogP contribution in [-0.4, -0.2) is 16.1 Å². The summed E-state index contributed by atoms with van der Waals surface area (Å²) in [6.07, 6.45) is 1.53. The highest BCUT2D eigenvalue weighted by atomic mass is 79.9. The van der Waals surface area contributed by atoms with Gasteiger partial charge in [0.25, 0.3) is 0 Å². The van der Waals surface area contributed by atoms with Gasteiger partial charge in [-0.15, -0.1) is 0 Å². The minimum Gasteiger partial charge on any atom is -0.480 e. The van der Waals surface area contributed by atoms with Crippen LogP contribution in [0.2, 0.25) is 0 Å². The first kappa shape index (κ1) is 10.1. The summed E-state index contributed by atoms with van der Waals surface area (Å²) >= 11 is 3.23. The molecule has 3 N–H and O–H groups in total. The number of pyridine rings is 1. The molecule has 0 bridgehead atoms. The standard InChI is InChI=1S/C8H9BrN2O2/c1-4-2-5(9)3-11-7(4)6(10)8(12)13/h2-3,6H,10H2,1H3,(H,12,13)/t6-/m0/s1. The third kappa shape index (κ3) is 2.26. The van der Waals surface area contributed by atoms with Crippen molar-refractivity contribution in [2.45, 2.75) is 13.0 Å². The lowest BCUT2D eigenvalue weighted by Gasteiger charge is -2.08. The molecule has 5 heteroatoms. The summed E-state index contributed by atoms with van der Waals surface area (Å²) in [6, 6.07) is 0.735. The van der Waals surface area contributed by atoms with E-state index in [1.807, 2.05) is 0 Å². The molecular formula is C8H9BrN2O2. The number of halogens is 1. The van der Waals surface area contributed by atoms with Crippen molar-refractivity contribution >= 4 is 21.9 Å². The number of aromatic nitrogens is 1. The molecule has 0 aromatic carbocycles. The monoisotopic (exact) mass is 244 g/mol. The zero-order valence-electron chi connectivity index (χ0n) is 6.99. The molecule has 0 saturated heterocycles. The van der Waals surface area contributed by atoms with Crippen LogP contribution in [0.5, 0.6) is 0 Å². The number of aliphatic carboxylic acids is 1. The summed E-state index contributed by atoms with van der Waals surface area (Å²) < 4.78 is 0.811. The predicted molar refractivity (Wildman–Crippen MR) is 51.2 cm³/mol. The van der Waals surface area contributed by atoms with Gasteiger partial charge in [-0.25, -0.2) is 0 Å². The van der Waals surface area contributed by atoms with Crippen LogP contribution in [0.1, 0.15) is 17.3 Å². The molecular weight excluding hydrogens is 236 g/mol. The van der Waals surface area contributed by atoms with E-state index in [-0.39, 0.29) is 0 Å². The summed E-state index contributed by atoms with van der Waals surface area (Å²) in [5.41, 5.74) is 6.58. The zero-order chi connectivity index (χ0) is 10.0. The average molecular weight is 245 g/mol. The van der Waals surface area contributed by atoms with E-state index < -0.39 is 12.0 Å². The Balaban J connectivity index is 3.08. The molecule has 0 amide bonds. The molecule has 0 aliphatic heterocycles. The SMILES string of the molecule is Cc1cc(Br)cnc1[C@H](N)C(=O)O. The highest BCUT2D eigenvalue weighted by molar-refractivity contribution is 9.10. The Morgan fingerprint density at radius 2 is 2.38 bits per heavy atom. The van der Waals surface area contributed by atoms with Crippen molar-refractivity contribution in [1.82, 2.24) is 4.98 Å². The second-order valence-electron chi connectivity index (χ2n) is 2.67. The molecule has 1 aromatic rings. The van der Waals surface area contributed by atoms with Crippen molar-refractivity contribution < 1.29 is 9.90 Å². The molecule has 0 fully saturated rings. The Morgan fingerprint density at radius 1 is 1.77 bits per heavy atom. The molecule has 0 aliphatic carbocycles. The molecule has 70 valence electrons. The molecule has 0 saturated carbocycles. The molecule has 0 unspecified atom stereocenters. The molecule has 13 heavy (non-hydrogen) atoms. The Kier molecular flexibility index (Phi) is 3.00. The maximum Gasteiger partial charge on any atom is 0.326 e. The third-order valence-electron chi connectivity index (χ3n) is 1.65. The molecule has 1 aromatic heterocycles. The lowest BCUT2D eigenvalue weighted by atomic mass is 10.1. The van der Waals surface area contributed by atoms with E-state index in [0.29, 0.717) is 5.69 Å². The van der Waals surface area contributed by atoms with Gasteiger partial charge in [-0.3, -0.25) is 9.78 Å². The van der Waals surface area contributed by atoms with Gasteiger partial charge in [0.15, 0.2) is 0 Å². The van der Waals surface area contributed by atoms with Crippen molar-refractivity contribution in [3.8, 4) is 0 Å². The largest absolute Gasteiger partial charge is 0.480 e. The maximum atomic E-state index is 10.6. The van der Waals surface area contributed by atoms with E-state index in [2.05, 4.69) is 20.9 Å². The van der Waals surface area contributed by atoms with Crippen LogP contribution in [0.15, 0.2) is 16.7 Å². The van der Waals surface area contributed by atoms with Gasteiger partial charge in [-0.1, -0.05) is 0 Å². The van der Waals surface area contributed by atoms with E-state index >= 15 is 0 Å². The second-order valence-corrected chi connectivity index (χ2v) is 3.59. The van der Waals surface area contributed by atoms with Gasteiger partial charge in [0.05, 0.1) is 5.69 Å². The predicted octanol–water partition coefficient (Wildman–Crippen LogP) is 1.24. The Morgan fingerprint density at radius 3 is 2.85 bits per heavy atom. The summed E-state index contributed by atoms with van der Waals surface area (Å²) in [7, 11) is 0. The number of carboxylic acid groups (broad SMARTS) is 1. The van der Waals surface area contributed by atoms with Crippen molar-refractivity contribution in [2.24, 2.45) is 5.73 Å². The molecule has 0 radical (unpaired) electrons. The first-order valence-electron chi connectivity index (χ1n) is 3.63. The van der Waals surface area contributed by atoms with Gasteiger partial charge in [-0.05, 0) is 34.5 Å². The lowest BCUT2D eigenvalue weighted by molar-refractivity contribution is -0.138. The molecule has 1 atom stereocenters. The van der Waals surface area contributed by atoms with Crippen molar-refractivity contribution in [3.63, 3.8) is 0 Å². The van der Waals surface area contributed by atoms with Crippen molar-refractivity contribution in [1.29, 1.82) is 0 Å².